The van der Waals surface area contributed by atoms with E-state index in [9.17, 15) is 18.0 Å². The lowest BCUT2D eigenvalue weighted by Crippen LogP contribution is -2.56. The second-order valence-electron chi connectivity index (χ2n) is 9.85. The first kappa shape index (κ1) is 23.5. The Morgan fingerprint density at radius 1 is 1.08 bits per heavy atom. The van der Waals surface area contributed by atoms with E-state index in [2.05, 4.69) is 50.5 Å². The first-order chi connectivity index (χ1) is 17.4. The van der Waals surface area contributed by atoms with Gasteiger partial charge >= 0.3 is 6.18 Å². The zero-order valence-corrected chi connectivity index (χ0v) is 20.6. The van der Waals surface area contributed by atoms with Gasteiger partial charge in [0.2, 0.25) is 5.91 Å². The normalized spacial score (nSPS) is 22.8. The highest BCUT2D eigenvalue weighted by Gasteiger charge is 2.41. The van der Waals surface area contributed by atoms with Gasteiger partial charge in [-0.3, -0.25) is 9.69 Å². The number of anilines is 1. The first-order valence-electron chi connectivity index (χ1n) is 12.3. The van der Waals surface area contributed by atoms with Crippen molar-refractivity contribution < 1.29 is 18.0 Å². The van der Waals surface area contributed by atoms with Crippen molar-refractivity contribution in [2.75, 3.05) is 37.6 Å². The van der Waals surface area contributed by atoms with Crippen molar-refractivity contribution in [3.05, 3.63) is 65.2 Å². The summed E-state index contributed by atoms with van der Waals surface area (Å²) in [4.78, 5) is 23.5. The maximum atomic E-state index is 13.1. The fraction of sp³-hybridized carbons (Fsp3) is 0.407. The van der Waals surface area contributed by atoms with E-state index >= 15 is 0 Å². The number of fused-ring (bicyclic) bond motifs is 3. The fourth-order valence-electron chi connectivity index (χ4n) is 5.88. The predicted octanol–water partition coefficient (Wildman–Crippen LogP) is 5.28. The van der Waals surface area contributed by atoms with Crippen molar-refractivity contribution >= 4 is 38.7 Å². The number of alkyl halides is 3. The van der Waals surface area contributed by atoms with E-state index in [4.69, 9.17) is 0 Å². The van der Waals surface area contributed by atoms with Gasteiger partial charge in [-0.2, -0.15) is 13.2 Å². The van der Waals surface area contributed by atoms with Crippen LogP contribution >= 0.6 is 11.3 Å². The Hall–Kier alpha value is -2.91. The summed E-state index contributed by atoms with van der Waals surface area (Å²) in [6, 6.07) is 11.5. The van der Waals surface area contributed by atoms with Crippen LogP contribution in [-0.4, -0.2) is 65.5 Å². The van der Waals surface area contributed by atoms with Crippen LogP contribution in [-0.2, 0) is 11.0 Å². The molecule has 0 radical (unpaired) electrons. The Morgan fingerprint density at radius 2 is 1.89 bits per heavy atom. The lowest BCUT2D eigenvalue weighted by atomic mass is 9.98. The number of amides is 1. The van der Waals surface area contributed by atoms with Crippen LogP contribution in [0.2, 0.25) is 0 Å². The molecular formula is C27H27F3N4OS. The average Bonchev–Trinajstić information content (AvgIpc) is 3.46. The number of pyridine rings is 1. The van der Waals surface area contributed by atoms with E-state index in [1.54, 1.807) is 11.3 Å². The molecule has 0 aliphatic carbocycles. The van der Waals surface area contributed by atoms with Crippen LogP contribution < -0.4 is 4.90 Å². The van der Waals surface area contributed by atoms with Gasteiger partial charge in [0.05, 0.1) is 12.1 Å². The minimum absolute atomic E-state index is 0.139. The number of nitrogens with zero attached hydrogens (tertiary/aromatic N) is 4. The molecule has 1 amide bonds. The second-order valence-corrected chi connectivity index (χ2v) is 10.8. The molecule has 188 valence electrons. The molecular weight excluding hydrogens is 485 g/mol. The summed E-state index contributed by atoms with van der Waals surface area (Å²) in [6.45, 7) is 3.17. The van der Waals surface area contributed by atoms with E-state index < -0.39 is 11.7 Å². The van der Waals surface area contributed by atoms with Crippen molar-refractivity contribution in [3.63, 3.8) is 0 Å². The van der Waals surface area contributed by atoms with Gasteiger partial charge in [-0.05, 0) is 59.4 Å². The van der Waals surface area contributed by atoms with Gasteiger partial charge in [0, 0.05) is 49.2 Å². The Labute approximate surface area is 211 Å². The predicted molar refractivity (Wildman–Crippen MR) is 136 cm³/mol. The number of piperazine rings is 1. The molecule has 0 saturated carbocycles. The number of thiophene rings is 1. The third-order valence-electron chi connectivity index (χ3n) is 7.64. The van der Waals surface area contributed by atoms with Crippen LogP contribution in [0.25, 0.3) is 15.7 Å². The van der Waals surface area contributed by atoms with Gasteiger partial charge in [-0.1, -0.05) is 24.3 Å². The summed E-state index contributed by atoms with van der Waals surface area (Å²) in [5.41, 5.74) is 1.86. The number of carbonyl (C=O) groups excluding carboxylic acids is 1. The minimum atomic E-state index is -4.38. The van der Waals surface area contributed by atoms with E-state index in [0.29, 0.717) is 25.5 Å². The third kappa shape index (κ3) is 4.39. The first-order valence-corrected chi connectivity index (χ1v) is 13.2. The van der Waals surface area contributed by atoms with Crippen LogP contribution in [0.3, 0.4) is 0 Å². The molecule has 2 aromatic heterocycles. The van der Waals surface area contributed by atoms with Gasteiger partial charge in [0.15, 0.2) is 0 Å². The maximum Gasteiger partial charge on any atom is 0.417 e. The SMILES string of the molecule is O=C(CN1CC2CCC(C1)N2c1ccc(C(F)(F)F)cn1)N1CC=C(c2cccc3ccsc23)CC1. The summed E-state index contributed by atoms with van der Waals surface area (Å²) < 4.78 is 40.0. The largest absolute Gasteiger partial charge is 0.417 e. The molecule has 3 aliphatic heterocycles. The highest BCUT2D eigenvalue weighted by molar-refractivity contribution is 7.17. The van der Waals surface area contributed by atoms with Crippen molar-refractivity contribution in [3.8, 4) is 0 Å². The fourth-order valence-corrected chi connectivity index (χ4v) is 6.83. The molecule has 3 aliphatic rings. The molecule has 3 aromatic rings. The van der Waals surface area contributed by atoms with Crippen molar-refractivity contribution in [1.29, 1.82) is 0 Å². The van der Waals surface area contributed by atoms with Gasteiger partial charge in [0.1, 0.15) is 5.82 Å². The molecule has 0 N–H and O–H groups in total. The average molecular weight is 513 g/mol. The molecule has 5 nitrogen and oxygen atoms in total. The van der Waals surface area contributed by atoms with E-state index in [1.165, 1.54) is 27.3 Å². The molecule has 2 bridgehead atoms. The summed E-state index contributed by atoms with van der Waals surface area (Å²) >= 11 is 1.76. The molecule has 2 unspecified atom stereocenters. The number of hydrogen-bond donors (Lipinski definition) is 0. The van der Waals surface area contributed by atoms with Gasteiger partial charge in [0.25, 0.3) is 0 Å². The number of likely N-dealkylation sites (tertiary alicyclic amines) is 1. The quantitative estimate of drug-likeness (QED) is 0.477. The highest BCUT2D eigenvalue weighted by Crippen LogP contribution is 2.36. The summed E-state index contributed by atoms with van der Waals surface area (Å²) in [6.07, 6.45) is 1.49. The molecule has 9 heteroatoms. The lowest BCUT2D eigenvalue weighted by Gasteiger charge is -2.42. The van der Waals surface area contributed by atoms with Gasteiger partial charge in [-0.25, -0.2) is 4.98 Å². The Morgan fingerprint density at radius 3 is 2.56 bits per heavy atom. The molecule has 2 saturated heterocycles. The zero-order valence-electron chi connectivity index (χ0n) is 19.7. The number of aromatic nitrogens is 1. The smallest absolute Gasteiger partial charge is 0.348 e. The summed E-state index contributed by atoms with van der Waals surface area (Å²) in [5, 5.41) is 3.38. The molecule has 1 aromatic carbocycles. The number of rotatable bonds is 4. The highest BCUT2D eigenvalue weighted by atomic mass is 32.1. The van der Waals surface area contributed by atoms with E-state index in [0.717, 1.165) is 44.6 Å². The summed E-state index contributed by atoms with van der Waals surface area (Å²) in [7, 11) is 0. The van der Waals surface area contributed by atoms with Crippen LogP contribution in [0.5, 0.6) is 0 Å². The number of hydrogen-bond acceptors (Lipinski definition) is 5. The van der Waals surface area contributed by atoms with Crippen LogP contribution in [0.4, 0.5) is 19.0 Å². The zero-order chi connectivity index (χ0) is 24.9. The van der Waals surface area contributed by atoms with E-state index in [1.807, 2.05) is 4.90 Å². The number of halogens is 3. The molecule has 2 fully saturated rings. The van der Waals surface area contributed by atoms with Gasteiger partial charge < -0.3 is 9.80 Å². The number of carbonyl (C=O) groups is 1. The van der Waals surface area contributed by atoms with Crippen molar-refractivity contribution in [2.45, 2.75) is 37.5 Å². The number of benzene rings is 1. The molecule has 6 rings (SSSR count). The Balaban J connectivity index is 1.07. The standard InChI is InChI=1S/C27H27F3N4OS/c28-27(29,30)20-4-7-24(31-14-20)34-21-5-6-22(34)16-32(15-21)17-25(35)33-11-8-18(9-12-33)23-3-1-2-19-10-13-36-26(19)23/h1-4,7-8,10,13-14,21-22H,5-6,9,11-12,15-17H2. The second kappa shape index (κ2) is 9.19. The lowest BCUT2D eigenvalue weighted by molar-refractivity contribution is -0.137. The third-order valence-corrected chi connectivity index (χ3v) is 8.61. The topological polar surface area (TPSA) is 39.7 Å². The minimum Gasteiger partial charge on any atom is -0.348 e. The van der Waals surface area contributed by atoms with E-state index in [-0.39, 0.29) is 18.0 Å². The van der Waals surface area contributed by atoms with Crippen LogP contribution in [0, 0.1) is 0 Å². The molecule has 2 atom stereocenters. The van der Waals surface area contributed by atoms with Crippen molar-refractivity contribution in [2.24, 2.45) is 0 Å². The Bertz CT molecular complexity index is 1290. The molecule has 36 heavy (non-hydrogen) atoms. The molecule has 0 spiro atoms. The molecule has 5 heterocycles. The Kier molecular flexibility index (Phi) is 6.00. The van der Waals surface area contributed by atoms with Crippen LogP contribution in [0.15, 0.2) is 54.1 Å². The van der Waals surface area contributed by atoms with Gasteiger partial charge in [-0.15, -0.1) is 11.3 Å². The van der Waals surface area contributed by atoms with Crippen LogP contribution in [0.1, 0.15) is 30.4 Å². The maximum absolute atomic E-state index is 13.1. The van der Waals surface area contributed by atoms with Crippen molar-refractivity contribution in [1.82, 2.24) is 14.8 Å². The summed E-state index contributed by atoms with van der Waals surface area (Å²) in [5.74, 6) is 0.732. The monoisotopic (exact) mass is 512 g/mol.